The summed E-state index contributed by atoms with van der Waals surface area (Å²) in [5.41, 5.74) is 4.97. The van der Waals surface area contributed by atoms with Gasteiger partial charge in [0.15, 0.2) is 0 Å². The lowest BCUT2D eigenvalue weighted by Crippen LogP contribution is -2.16. The third-order valence-electron chi connectivity index (χ3n) is 5.53. The number of hydrogen-bond acceptors (Lipinski definition) is 5. The Bertz CT molecular complexity index is 1220. The quantitative estimate of drug-likeness (QED) is 0.624. The predicted octanol–water partition coefficient (Wildman–Crippen LogP) is 4.35. The van der Waals surface area contributed by atoms with Gasteiger partial charge in [0, 0.05) is 22.7 Å². The molecule has 7 nitrogen and oxygen atoms in total. The minimum Gasteiger partial charge on any atom is -0.478 e. The van der Waals surface area contributed by atoms with Crippen LogP contribution >= 0.6 is 0 Å². The van der Waals surface area contributed by atoms with Crippen LogP contribution in [0.1, 0.15) is 35.8 Å². The van der Waals surface area contributed by atoms with Gasteiger partial charge in [0.25, 0.3) is 0 Å². The van der Waals surface area contributed by atoms with Crippen LogP contribution in [0.15, 0.2) is 65.4 Å². The number of nitrogens with zero attached hydrogens (tertiary/aromatic N) is 3. The number of carboxylic acid groups (broad SMARTS) is 1. The molecule has 1 aliphatic rings. The number of carboxylic acids is 1. The zero-order chi connectivity index (χ0) is 22.1. The van der Waals surface area contributed by atoms with Crippen LogP contribution in [0, 0.1) is 0 Å². The molecule has 3 aromatic rings. The average molecular weight is 417 g/mol. The number of carbonyl (C=O) groups is 2. The van der Waals surface area contributed by atoms with E-state index >= 15 is 0 Å². The van der Waals surface area contributed by atoms with Crippen molar-refractivity contribution in [2.75, 3.05) is 18.7 Å². The molecule has 0 saturated heterocycles. The Morgan fingerprint density at radius 1 is 1.16 bits per heavy atom. The molecular weight excluding hydrogens is 394 g/mol. The predicted molar refractivity (Wildman–Crippen MR) is 120 cm³/mol. The molecule has 1 N–H and O–H groups in total. The molecule has 0 saturated carbocycles. The first kappa shape index (κ1) is 20.4. The molecule has 1 aliphatic heterocycles. The van der Waals surface area contributed by atoms with Gasteiger partial charge in [-0.25, -0.2) is 9.59 Å². The summed E-state index contributed by atoms with van der Waals surface area (Å²) in [4.78, 5) is 23.2. The van der Waals surface area contributed by atoms with Crippen LogP contribution in [0.5, 0.6) is 0 Å². The number of fused-ring (bicyclic) bond motifs is 1. The number of hydrogen-bond donors (Lipinski definition) is 1. The molecule has 2 heterocycles. The number of aromatic carboxylic acids is 1. The first-order valence-corrected chi connectivity index (χ1v) is 9.93. The van der Waals surface area contributed by atoms with Gasteiger partial charge in [-0.05, 0) is 55.8 Å². The van der Waals surface area contributed by atoms with Crippen LogP contribution in [0.2, 0.25) is 0 Å². The molecule has 0 bridgehead atoms. The van der Waals surface area contributed by atoms with Crippen molar-refractivity contribution >= 4 is 40.3 Å². The van der Waals surface area contributed by atoms with E-state index in [-0.39, 0.29) is 11.5 Å². The summed E-state index contributed by atoms with van der Waals surface area (Å²) in [7, 11) is 1.39. The van der Waals surface area contributed by atoms with Crippen molar-refractivity contribution in [3.63, 3.8) is 0 Å². The third kappa shape index (κ3) is 3.82. The fourth-order valence-electron chi connectivity index (χ4n) is 3.77. The van der Waals surface area contributed by atoms with Crippen LogP contribution in [-0.2, 0) is 9.53 Å². The Labute approximate surface area is 179 Å². The second-order valence-electron chi connectivity index (χ2n) is 7.47. The largest absolute Gasteiger partial charge is 0.478 e. The molecular formula is C24H23N3O4. The standard InChI is InChI=1S/C24H23N3O4/c1-15-18(14-27(25-15)20-10-8-17(9-11-20)23(28)29)12-19-13-26(16(2)24(30)31-3)22-7-5-4-6-21(19)22/h4-13,16H,14H2,1-3H3,(H,28,29). The molecule has 4 rings (SSSR count). The van der Waals surface area contributed by atoms with Gasteiger partial charge in [0.05, 0.1) is 30.6 Å². The van der Waals surface area contributed by atoms with Crippen molar-refractivity contribution in [1.29, 1.82) is 0 Å². The highest BCUT2D eigenvalue weighted by Gasteiger charge is 2.22. The maximum atomic E-state index is 12.1. The molecule has 0 fully saturated rings. The first-order valence-electron chi connectivity index (χ1n) is 9.93. The molecule has 0 amide bonds. The van der Waals surface area contributed by atoms with Crippen LogP contribution in [0.25, 0.3) is 17.0 Å². The Morgan fingerprint density at radius 2 is 1.87 bits per heavy atom. The van der Waals surface area contributed by atoms with Crippen molar-refractivity contribution in [3.8, 4) is 0 Å². The molecule has 0 spiro atoms. The topological polar surface area (TPSA) is 84.1 Å². The van der Waals surface area contributed by atoms with E-state index in [1.54, 1.807) is 24.3 Å². The molecule has 7 heteroatoms. The van der Waals surface area contributed by atoms with E-state index in [0.717, 1.165) is 33.4 Å². The fourth-order valence-corrected chi connectivity index (χ4v) is 3.77. The molecule has 0 aliphatic carbocycles. The van der Waals surface area contributed by atoms with E-state index in [0.29, 0.717) is 6.54 Å². The van der Waals surface area contributed by atoms with Crippen LogP contribution in [-0.4, -0.2) is 41.0 Å². The van der Waals surface area contributed by atoms with Gasteiger partial charge in [-0.2, -0.15) is 5.10 Å². The third-order valence-corrected chi connectivity index (χ3v) is 5.53. The number of rotatable bonds is 5. The lowest BCUT2D eigenvalue weighted by atomic mass is 10.1. The highest BCUT2D eigenvalue weighted by Crippen LogP contribution is 2.29. The Balaban J connectivity index is 1.67. The summed E-state index contributed by atoms with van der Waals surface area (Å²) >= 11 is 0. The van der Waals surface area contributed by atoms with Gasteiger partial charge in [0.1, 0.15) is 6.04 Å². The van der Waals surface area contributed by atoms with E-state index in [1.165, 1.54) is 7.11 Å². The van der Waals surface area contributed by atoms with Crippen molar-refractivity contribution < 1.29 is 19.4 Å². The minimum atomic E-state index is -0.953. The first-order chi connectivity index (χ1) is 14.9. The molecule has 0 radical (unpaired) electrons. The van der Waals surface area contributed by atoms with E-state index < -0.39 is 12.0 Å². The number of ether oxygens (including phenoxy) is 1. The SMILES string of the molecule is COC(=O)C(C)n1cc(C=C2CN(c3ccc(C(=O)O)cc3)N=C2C)c2ccccc21. The lowest BCUT2D eigenvalue weighted by Gasteiger charge is -2.13. The Kier molecular flexibility index (Phi) is 5.33. The van der Waals surface area contributed by atoms with Gasteiger partial charge in [-0.1, -0.05) is 18.2 Å². The zero-order valence-corrected chi connectivity index (χ0v) is 17.6. The fraction of sp³-hybridized carbons (Fsp3) is 0.208. The zero-order valence-electron chi connectivity index (χ0n) is 17.6. The second-order valence-corrected chi connectivity index (χ2v) is 7.47. The number of hydrazone groups is 1. The number of benzene rings is 2. The number of aromatic nitrogens is 1. The molecule has 1 unspecified atom stereocenters. The summed E-state index contributed by atoms with van der Waals surface area (Å²) in [6.45, 7) is 4.35. The van der Waals surface area contributed by atoms with Crippen LogP contribution < -0.4 is 5.01 Å². The maximum Gasteiger partial charge on any atom is 0.335 e. The van der Waals surface area contributed by atoms with Gasteiger partial charge in [-0.3, -0.25) is 5.01 Å². The maximum absolute atomic E-state index is 12.1. The lowest BCUT2D eigenvalue weighted by molar-refractivity contribution is -0.143. The van der Waals surface area contributed by atoms with Crippen molar-refractivity contribution in [3.05, 3.63) is 71.4 Å². The van der Waals surface area contributed by atoms with Gasteiger partial charge in [0.2, 0.25) is 0 Å². The number of anilines is 1. The number of carbonyl (C=O) groups excluding carboxylic acids is 1. The van der Waals surface area contributed by atoms with Crippen molar-refractivity contribution in [2.24, 2.45) is 5.10 Å². The average Bonchev–Trinajstić information content (AvgIpc) is 3.33. The second kappa shape index (κ2) is 8.10. The summed E-state index contributed by atoms with van der Waals surface area (Å²) in [5, 5.41) is 16.6. The molecule has 31 heavy (non-hydrogen) atoms. The number of methoxy groups -OCH3 is 1. The van der Waals surface area contributed by atoms with Crippen molar-refractivity contribution in [2.45, 2.75) is 19.9 Å². The van der Waals surface area contributed by atoms with E-state index in [2.05, 4.69) is 11.2 Å². The number of para-hydroxylation sites is 1. The van der Waals surface area contributed by atoms with Crippen LogP contribution in [0.3, 0.4) is 0 Å². The van der Waals surface area contributed by atoms with Gasteiger partial charge < -0.3 is 14.4 Å². The minimum absolute atomic E-state index is 0.243. The highest BCUT2D eigenvalue weighted by molar-refractivity contribution is 6.07. The van der Waals surface area contributed by atoms with Crippen molar-refractivity contribution in [1.82, 2.24) is 4.57 Å². The summed E-state index contributed by atoms with van der Waals surface area (Å²) in [6, 6.07) is 14.2. The molecule has 1 aromatic heterocycles. The smallest absolute Gasteiger partial charge is 0.335 e. The molecule has 158 valence electrons. The van der Waals surface area contributed by atoms with E-state index in [1.807, 2.05) is 53.9 Å². The summed E-state index contributed by atoms with van der Waals surface area (Å²) < 4.78 is 6.85. The summed E-state index contributed by atoms with van der Waals surface area (Å²) in [5.74, 6) is -1.25. The monoisotopic (exact) mass is 417 g/mol. The molecule has 1 atom stereocenters. The normalized spacial score (nSPS) is 15.9. The molecule has 2 aromatic carbocycles. The highest BCUT2D eigenvalue weighted by atomic mass is 16.5. The van der Waals surface area contributed by atoms with Crippen LogP contribution in [0.4, 0.5) is 5.69 Å². The summed E-state index contributed by atoms with van der Waals surface area (Å²) in [6.07, 6.45) is 4.06. The number of esters is 1. The van der Waals surface area contributed by atoms with E-state index in [9.17, 15) is 9.59 Å². The Hall–Kier alpha value is -3.87. The van der Waals surface area contributed by atoms with Gasteiger partial charge >= 0.3 is 11.9 Å². The Morgan fingerprint density at radius 3 is 2.55 bits per heavy atom. The van der Waals surface area contributed by atoms with E-state index in [4.69, 9.17) is 9.84 Å². The van der Waals surface area contributed by atoms with Gasteiger partial charge in [-0.15, -0.1) is 0 Å².